The molecule has 9 nitrogen and oxygen atoms in total. The monoisotopic (exact) mass is 410 g/mol. The first-order valence-corrected chi connectivity index (χ1v) is 7.80. The molecular formula is C14H19BrO9. The fourth-order valence-corrected chi connectivity index (χ4v) is 3.79. The van der Waals surface area contributed by atoms with Crippen molar-refractivity contribution in [3.05, 3.63) is 0 Å². The van der Waals surface area contributed by atoms with E-state index in [4.69, 9.17) is 4.74 Å². The molecule has 0 spiro atoms. The highest BCUT2D eigenvalue weighted by molar-refractivity contribution is 9.09. The molecule has 6 atom stereocenters. The highest BCUT2D eigenvalue weighted by Crippen LogP contribution is 2.48. The van der Waals surface area contributed by atoms with Crippen LogP contribution in [0.1, 0.15) is 27.7 Å². The van der Waals surface area contributed by atoms with Crippen LogP contribution in [0, 0.1) is 0 Å². The van der Waals surface area contributed by atoms with Gasteiger partial charge in [0.15, 0.2) is 39.3 Å². The number of alkyl halides is 1. The van der Waals surface area contributed by atoms with Crippen LogP contribution in [0.5, 0.6) is 0 Å². The van der Waals surface area contributed by atoms with E-state index in [0.29, 0.717) is 0 Å². The molecule has 0 amide bonds. The van der Waals surface area contributed by atoms with E-state index in [9.17, 15) is 39.6 Å². The highest BCUT2D eigenvalue weighted by atomic mass is 79.9. The van der Waals surface area contributed by atoms with E-state index >= 15 is 0 Å². The topological polar surface area (TPSA) is 158 Å². The third kappa shape index (κ3) is 2.40. The van der Waals surface area contributed by atoms with Gasteiger partial charge in [0.1, 0.15) is 12.2 Å². The predicted octanol–water partition coefficient (Wildman–Crippen LogP) is -1.98. The van der Waals surface area contributed by atoms with Gasteiger partial charge in [-0.15, -0.1) is 0 Å². The minimum atomic E-state index is -3.37. The fraction of sp³-hybridized carbons (Fsp3) is 0.714. The zero-order valence-electron chi connectivity index (χ0n) is 13.4. The molecule has 0 aliphatic carbocycles. The Morgan fingerprint density at radius 3 is 1.62 bits per heavy atom. The van der Waals surface area contributed by atoms with Crippen molar-refractivity contribution in [2.45, 2.75) is 61.7 Å². The van der Waals surface area contributed by atoms with Gasteiger partial charge in [0, 0.05) is 0 Å². The quantitative estimate of drug-likeness (QED) is 0.376. The first-order valence-electron chi connectivity index (χ1n) is 6.88. The second-order valence-electron chi connectivity index (χ2n) is 5.84. The molecule has 1 heterocycles. The summed E-state index contributed by atoms with van der Waals surface area (Å²) in [6, 6.07) is 0. The maximum atomic E-state index is 12.1. The third-order valence-electron chi connectivity index (χ3n) is 4.40. The summed E-state index contributed by atoms with van der Waals surface area (Å²) < 4.78 is 5.10. The van der Waals surface area contributed by atoms with Crippen LogP contribution in [0.2, 0.25) is 0 Å². The van der Waals surface area contributed by atoms with Gasteiger partial charge in [0.2, 0.25) is 5.60 Å². The molecule has 0 aromatic heterocycles. The molecule has 0 radical (unpaired) electrons. The summed E-state index contributed by atoms with van der Waals surface area (Å²) in [5.74, 6) is -4.73. The van der Waals surface area contributed by atoms with E-state index in [1.165, 1.54) is 0 Å². The summed E-state index contributed by atoms with van der Waals surface area (Å²) in [5, 5.41) is 40.5. The number of ether oxygens (including phenoxy) is 1. The first kappa shape index (κ1) is 21.0. The lowest BCUT2D eigenvalue weighted by Gasteiger charge is -2.57. The number of halogens is 1. The Morgan fingerprint density at radius 2 is 1.33 bits per heavy atom. The minimum Gasteiger partial charge on any atom is -0.382 e. The van der Waals surface area contributed by atoms with E-state index in [0.717, 1.165) is 27.7 Å². The Labute approximate surface area is 145 Å². The normalized spacial score (nSPS) is 40.7. The Morgan fingerprint density at radius 1 is 0.917 bits per heavy atom. The first-order chi connectivity index (χ1) is 10.7. The largest absolute Gasteiger partial charge is 0.382 e. The molecule has 1 saturated heterocycles. The molecule has 0 saturated carbocycles. The number of carbonyl (C=O) groups is 4. The summed E-state index contributed by atoms with van der Waals surface area (Å²) in [5.41, 5.74) is -9.67. The highest BCUT2D eigenvalue weighted by Gasteiger charge is 2.78. The SMILES string of the molecule is CC(=O)C(O)[C@H]1O[C@H](Br)[C@@](O)(C(C)=O)[C@](O)(C(C)=O)[C@]1(O)C(C)=O. The number of aliphatic hydroxyl groups excluding tert-OH is 1. The van der Waals surface area contributed by atoms with E-state index in [2.05, 4.69) is 15.9 Å². The van der Waals surface area contributed by atoms with Crippen molar-refractivity contribution < 1.29 is 44.3 Å². The molecule has 4 N–H and O–H groups in total. The second-order valence-corrected chi connectivity index (χ2v) is 6.67. The number of rotatable bonds is 5. The van der Waals surface area contributed by atoms with Gasteiger partial charge in [-0.2, -0.15) is 0 Å². The van der Waals surface area contributed by atoms with E-state index in [1.807, 2.05) is 0 Å². The minimum absolute atomic E-state index is 0.740. The van der Waals surface area contributed by atoms with E-state index in [1.54, 1.807) is 0 Å². The molecule has 10 heteroatoms. The number of aliphatic hydroxyl groups is 4. The van der Waals surface area contributed by atoms with Gasteiger partial charge in [-0.25, -0.2) is 0 Å². The van der Waals surface area contributed by atoms with Gasteiger partial charge in [-0.3, -0.25) is 19.2 Å². The lowest BCUT2D eigenvalue weighted by atomic mass is 9.60. The van der Waals surface area contributed by atoms with Crippen LogP contribution in [-0.4, -0.2) is 77.6 Å². The summed E-state index contributed by atoms with van der Waals surface area (Å²) in [4.78, 5) is 47.6. The maximum absolute atomic E-state index is 12.1. The van der Waals surface area contributed by atoms with Crippen LogP contribution in [0.4, 0.5) is 0 Å². The number of hydrogen-bond acceptors (Lipinski definition) is 9. The number of ketones is 4. The fourth-order valence-electron chi connectivity index (χ4n) is 2.91. The van der Waals surface area contributed by atoms with Crippen molar-refractivity contribution in [1.82, 2.24) is 0 Å². The van der Waals surface area contributed by atoms with Crippen molar-refractivity contribution in [1.29, 1.82) is 0 Å². The zero-order valence-corrected chi connectivity index (χ0v) is 15.0. The molecular weight excluding hydrogens is 392 g/mol. The van der Waals surface area contributed by atoms with Crippen LogP contribution in [0.3, 0.4) is 0 Å². The van der Waals surface area contributed by atoms with Crippen LogP contribution in [0.15, 0.2) is 0 Å². The van der Waals surface area contributed by atoms with Crippen LogP contribution in [-0.2, 0) is 23.9 Å². The molecule has 136 valence electrons. The van der Waals surface area contributed by atoms with Crippen molar-refractivity contribution in [2.24, 2.45) is 0 Å². The molecule has 1 fully saturated rings. The lowest BCUT2D eigenvalue weighted by Crippen LogP contribution is -2.86. The maximum Gasteiger partial charge on any atom is 0.200 e. The lowest BCUT2D eigenvalue weighted by molar-refractivity contribution is -0.310. The number of hydrogen-bond donors (Lipinski definition) is 4. The zero-order chi connectivity index (χ0) is 19.2. The average molecular weight is 411 g/mol. The number of carbonyl (C=O) groups excluding carboxylic acids is 4. The van der Waals surface area contributed by atoms with Crippen LogP contribution >= 0.6 is 15.9 Å². The van der Waals surface area contributed by atoms with Gasteiger partial charge in [-0.1, -0.05) is 15.9 Å². The molecule has 1 aliphatic rings. The molecule has 1 rings (SSSR count). The Kier molecular flexibility index (Phi) is 5.56. The Balaban J connectivity index is 3.86. The number of Topliss-reactive ketones (excluding diaryl/α,β-unsaturated/α-hetero) is 4. The molecule has 0 bridgehead atoms. The van der Waals surface area contributed by atoms with E-state index < -0.39 is 57.2 Å². The van der Waals surface area contributed by atoms with Crippen LogP contribution < -0.4 is 0 Å². The standard InChI is InChI=1S/C14H19BrO9/c1-5(16)9(20)10-12(21,6(2)17)14(23,8(4)19)13(22,7(3)18)11(15)24-10/h9-11,20-23H,1-4H3/t9?,10-,11+,12+,13+,14+/m1/s1. The molecule has 24 heavy (non-hydrogen) atoms. The van der Waals surface area contributed by atoms with Gasteiger partial charge in [-0.05, 0) is 27.7 Å². The van der Waals surface area contributed by atoms with Crippen LogP contribution in [0.25, 0.3) is 0 Å². The molecule has 1 aliphatic heterocycles. The van der Waals surface area contributed by atoms with E-state index in [-0.39, 0.29) is 0 Å². The summed E-state index contributed by atoms with van der Waals surface area (Å²) >= 11 is 2.76. The Bertz CT molecular complexity index is 605. The second kappa shape index (κ2) is 6.36. The molecule has 1 unspecified atom stereocenters. The predicted molar refractivity (Wildman–Crippen MR) is 81.2 cm³/mol. The summed E-state index contributed by atoms with van der Waals surface area (Å²) in [6.45, 7) is 3.24. The van der Waals surface area contributed by atoms with Crippen molar-refractivity contribution >= 4 is 39.1 Å². The average Bonchev–Trinajstić information content (AvgIpc) is 2.46. The van der Waals surface area contributed by atoms with Crippen molar-refractivity contribution in [3.63, 3.8) is 0 Å². The summed E-state index contributed by atoms with van der Waals surface area (Å²) in [6.07, 6.45) is -4.22. The van der Waals surface area contributed by atoms with Gasteiger partial charge in [0.05, 0.1) is 0 Å². The molecule has 0 aromatic rings. The smallest absolute Gasteiger partial charge is 0.200 e. The van der Waals surface area contributed by atoms with Gasteiger partial charge in [0.25, 0.3) is 0 Å². The van der Waals surface area contributed by atoms with Crippen molar-refractivity contribution in [3.8, 4) is 0 Å². The molecule has 0 aromatic carbocycles. The Hall–Kier alpha value is -1.04. The van der Waals surface area contributed by atoms with Gasteiger partial charge < -0.3 is 25.2 Å². The summed E-state index contributed by atoms with van der Waals surface area (Å²) in [7, 11) is 0. The van der Waals surface area contributed by atoms with Gasteiger partial charge >= 0.3 is 0 Å². The third-order valence-corrected chi connectivity index (χ3v) is 5.27. The van der Waals surface area contributed by atoms with Crippen molar-refractivity contribution in [2.75, 3.05) is 0 Å².